The number of carbonyl (C=O) groups is 2. The number of benzene rings is 2. The zero-order valence-corrected chi connectivity index (χ0v) is 17.1. The van der Waals surface area contributed by atoms with E-state index in [1.54, 1.807) is 0 Å². The zero-order valence-electron chi connectivity index (χ0n) is 17.1. The second-order valence-electron chi connectivity index (χ2n) is 7.23. The molecule has 0 bridgehead atoms. The molecule has 0 fully saturated rings. The fourth-order valence-electron chi connectivity index (χ4n) is 3.58. The van der Waals surface area contributed by atoms with Crippen molar-refractivity contribution in [3.05, 3.63) is 71.9 Å². The minimum atomic E-state index is -0.705. The van der Waals surface area contributed by atoms with Gasteiger partial charge in [-0.15, -0.1) is 0 Å². The quantitative estimate of drug-likeness (QED) is 0.562. The number of hydrogen-bond acceptors (Lipinski definition) is 3. The van der Waals surface area contributed by atoms with E-state index in [1.165, 1.54) is 7.11 Å². The van der Waals surface area contributed by atoms with E-state index in [0.717, 1.165) is 41.4 Å². The van der Waals surface area contributed by atoms with E-state index in [0.29, 0.717) is 6.42 Å². The van der Waals surface area contributed by atoms with Gasteiger partial charge in [-0.1, -0.05) is 61.9 Å². The summed E-state index contributed by atoms with van der Waals surface area (Å²) in [6.07, 6.45) is 4.89. The zero-order chi connectivity index (χ0) is 20.6. The summed E-state index contributed by atoms with van der Waals surface area (Å²) in [5.74, 6) is -0.623. The van der Waals surface area contributed by atoms with Crippen LogP contribution in [0.15, 0.2) is 60.8 Å². The predicted octanol–water partition coefficient (Wildman–Crippen LogP) is 3.88. The number of hydrogen-bond donors (Lipinski definition) is 1. The Morgan fingerprint density at radius 1 is 1.07 bits per heavy atom. The lowest BCUT2D eigenvalue weighted by Gasteiger charge is -2.16. The summed E-state index contributed by atoms with van der Waals surface area (Å²) < 4.78 is 7.11. The average Bonchev–Trinajstić information content (AvgIpc) is 3.09. The molecule has 0 saturated heterocycles. The molecule has 1 N–H and O–H groups in total. The lowest BCUT2D eigenvalue weighted by atomic mass is 10.1. The van der Waals surface area contributed by atoms with E-state index in [1.807, 2.05) is 48.5 Å². The third-order valence-corrected chi connectivity index (χ3v) is 5.08. The highest BCUT2D eigenvalue weighted by atomic mass is 16.5. The molecule has 5 nitrogen and oxygen atoms in total. The van der Waals surface area contributed by atoms with Crippen LogP contribution < -0.4 is 5.32 Å². The third-order valence-electron chi connectivity index (χ3n) is 5.08. The van der Waals surface area contributed by atoms with Crippen molar-refractivity contribution in [1.82, 2.24) is 9.88 Å². The van der Waals surface area contributed by atoms with Gasteiger partial charge in [-0.25, -0.2) is 4.79 Å². The van der Waals surface area contributed by atoms with Crippen LogP contribution in [0.2, 0.25) is 0 Å². The first-order valence-electron chi connectivity index (χ1n) is 10.1. The van der Waals surface area contributed by atoms with Crippen LogP contribution in [0.3, 0.4) is 0 Å². The summed E-state index contributed by atoms with van der Waals surface area (Å²) >= 11 is 0. The van der Waals surface area contributed by atoms with Crippen molar-refractivity contribution < 1.29 is 14.3 Å². The molecule has 3 rings (SSSR count). The maximum absolute atomic E-state index is 12.8. The van der Waals surface area contributed by atoms with Gasteiger partial charge in [-0.2, -0.15) is 0 Å². The number of methoxy groups -OCH3 is 1. The fraction of sp³-hybridized carbons (Fsp3) is 0.333. The number of aryl methyl sites for hydroxylation is 1. The standard InChI is InChI=1S/C24H28N2O3/c1-3-4-14-26-17-19(20-12-8-9-13-22(20)26)16-23(27)25-21(24(28)29-2)15-18-10-6-5-7-11-18/h5-13,17,21H,3-4,14-16H2,1-2H3,(H,25,27). The van der Waals surface area contributed by atoms with Gasteiger partial charge in [-0.05, 0) is 23.6 Å². The summed E-state index contributed by atoms with van der Waals surface area (Å²) in [5.41, 5.74) is 3.08. The van der Waals surface area contributed by atoms with Crippen molar-refractivity contribution in [3.63, 3.8) is 0 Å². The highest BCUT2D eigenvalue weighted by molar-refractivity contribution is 5.91. The molecule has 1 aromatic heterocycles. The number of nitrogens with zero attached hydrogens (tertiary/aromatic N) is 1. The second-order valence-corrected chi connectivity index (χ2v) is 7.23. The maximum Gasteiger partial charge on any atom is 0.328 e. The summed E-state index contributed by atoms with van der Waals surface area (Å²) in [4.78, 5) is 25.0. The number of amides is 1. The molecule has 0 radical (unpaired) electrons. The van der Waals surface area contributed by atoms with Crippen molar-refractivity contribution in [2.75, 3.05) is 7.11 Å². The molecule has 3 aromatic rings. The second kappa shape index (κ2) is 9.92. The lowest BCUT2D eigenvalue weighted by molar-refractivity contribution is -0.145. The van der Waals surface area contributed by atoms with Gasteiger partial charge >= 0.3 is 5.97 Å². The molecule has 1 unspecified atom stereocenters. The number of rotatable bonds is 9. The van der Waals surface area contributed by atoms with Crippen molar-refractivity contribution in [3.8, 4) is 0 Å². The van der Waals surface area contributed by atoms with Crippen LogP contribution in [-0.2, 0) is 33.7 Å². The first-order valence-corrected chi connectivity index (χ1v) is 10.1. The first-order chi connectivity index (χ1) is 14.1. The molecule has 1 atom stereocenters. The predicted molar refractivity (Wildman–Crippen MR) is 115 cm³/mol. The van der Waals surface area contributed by atoms with Crippen LogP contribution in [0, 0.1) is 0 Å². The summed E-state index contributed by atoms with van der Waals surface area (Å²) in [6.45, 7) is 3.09. The normalized spacial score (nSPS) is 11.9. The van der Waals surface area contributed by atoms with E-state index in [2.05, 4.69) is 29.1 Å². The molecule has 1 heterocycles. The monoisotopic (exact) mass is 392 g/mol. The Hall–Kier alpha value is -3.08. The van der Waals surface area contributed by atoms with E-state index in [9.17, 15) is 9.59 Å². The van der Waals surface area contributed by atoms with Crippen LogP contribution in [0.4, 0.5) is 0 Å². The van der Waals surface area contributed by atoms with Crippen LogP contribution in [0.1, 0.15) is 30.9 Å². The number of nitrogens with one attached hydrogen (secondary N) is 1. The topological polar surface area (TPSA) is 60.3 Å². The molecule has 0 spiro atoms. The first kappa shape index (κ1) is 20.6. The van der Waals surface area contributed by atoms with Gasteiger partial charge in [0, 0.05) is 30.1 Å². The van der Waals surface area contributed by atoms with Gasteiger partial charge in [0.05, 0.1) is 13.5 Å². The molecular weight excluding hydrogens is 364 g/mol. The molecular formula is C24H28N2O3. The highest BCUT2D eigenvalue weighted by Gasteiger charge is 2.22. The van der Waals surface area contributed by atoms with Gasteiger partial charge in [0.1, 0.15) is 6.04 Å². The van der Waals surface area contributed by atoms with Crippen molar-refractivity contribution >= 4 is 22.8 Å². The fourth-order valence-corrected chi connectivity index (χ4v) is 3.58. The van der Waals surface area contributed by atoms with Crippen LogP contribution >= 0.6 is 0 Å². The van der Waals surface area contributed by atoms with Crippen LogP contribution in [-0.4, -0.2) is 29.6 Å². The lowest BCUT2D eigenvalue weighted by Crippen LogP contribution is -2.43. The van der Waals surface area contributed by atoms with Gasteiger partial charge < -0.3 is 14.6 Å². The number of esters is 1. The van der Waals surface area contributed by atoms with E-state index in [4.69, 9.17) is 4.74 Å². The number of ether oxygens (including phenoxy) is 1. The minimum absolute atomic E-state index is 0.185. The summed E-state index contributed by atoms with van der Waals surface area (Å²) in [6, 6.07) is 17.0. The molecule has 0 aliphatic heterocycles. The maximum atomic E-state index is 12.8. The Kier molecular flexibility index (Phi) is 7.06. The number of fused-ring (bicyclic) bond motifs is 1. The molecule has 1 amide bonds. The molecule has 0 aliphatic carbocycles. The molecule has 5 heteroatoms. The number of unbranched alkanes of at least 4 members (excludes halogenated alkanes) is 1. The van der Waals surface area contributed by atoms with E-state index >= 15 is 0 Å². The van der Waals surface area contributed by atoms with E-state index < -0.39 is 12.0 Å². The van der Waals surface area contributed by atoms with Crippen molar-refractivity contribution in [2.24, 2.45) is 0 Å². The largest absolute Gasteiger partial charge is 0.467 e. The van der Waals surface area contributed by atoms with Crippen LogP contribution in [0.25, 0.3) is 10.9 Å². The molecule has 29 heavy (non-hydrogen) atoms. The third kappa shape index (κ3) is 5.25. The Morgan fingerprint density at radius 2 is 1.79 bits per heavy atom. The Balaban J connectivity index is 1.75. The highest BCUT2D eigenvalue weighted by Crippen LogP contribution is 2.22. The molecule has 0 aliphatic rings. The van der Waals surface area contributed by atoms with E-state index in [-0.39, 0.29) is 12.3 Å². The Bertz CT molecular complexity index is 963. The molecule has 152 valence electrons. The molecule has 0 saturated carbocycles. The smallest absolute Gasteiger partial charge is 0.328 e. The number of aromatic nitrogens is 1. The van der Waals surface area contributed by atoms with Crippen molar-refractivity contribution in [2.45, 2.75) is 45.2 Å². The van der Waals surface area contributed by atoms with Crippen molar-refractivity contribution in [1.29, 1.82) is 0 Å². The minimum Gasteiger partial charge on any atom is -0.467 e. The summed E-state index contributed by atoms with van der Waals surface area (Å²) in [7, 11) is 1.34. The number of carbonyl (C=O) groups excluding carboxylic acids is 2. The molecule has 2 aromatic carbocycles. The van der Waals surface area contributed by atoms with Gasteiger partial charge in [0.25, 0.3) is 0 Å². The van der Waals surface area contributed by atoms with Gasteiger partial charge in [0.15, 0.2) is 0 Å². The van der Waals surface area contributed by atoms with Gasteiger partial charge in [-0.3, -0.25) is 4.79 Å². The SMILES string of the molecule is CCCCn1cc(CC(=O)NC(Cc2ccccc2)C(=O)OC)c2ccccc21. The Morgan fingerprint density at radius 3 is 2.52 bits per heavy atom. The Labute approximate surface area is 171 Å². The van der Waals surface area contributed by atoms with Crippen LogP contribution in [0.5, 0.6) is 0 Å². The summed E-state index contributed by atoms with van der Waals surface area (Å²) in [5, 5.41) is 3.94. The number of para-hydroxylation sites is 1. The van der Waals surface area contributed by atoms with Gasteiger partial charge in [0.2, 0.25) is 5.91 Å². The average molecular weight is 392 g/mol.